The topological polar surface area (TPSA) is 27.0 Å². The molecule has 1 aliphatic rings. The molecular formula is C22H20N2. The van der Waals surface area contributed by atoms with Crippen LogP contribution in [-0.2, 0) is 0 Å². The lowest BCUT2D eigenvalue weighted by Gasteiger charge is -2.22. The summed E-state index contributed by atoms with van der Waals surface area (Å²) in [6.45, 7) is 4.45. The molecule has 24 heavy (non-hydrogen) atoms. The van der Waals surface area contributed by atoms with E-state index in [0.29, 0.717) is 5.92 Å². The molecule has 0 amide bonds. The molecule has 0 atom stereocenters. The quantitative estimate of drug-likeness (QED) is 0.485. The van der Waals surface area contributed by atoms with Crippen LogP contribution in [0.1, 0.15) is 30.9 Å². The van der Waals surface area contributed by atoms with E-state index in [2.05, 4.69) is 62.4 Å². The van der Waals surface area contributed by atoms with Gasteiger partial charge in [0, 0.05) is 19.7 Å². The third-order valence-corrected chi connectivity index (χ3v) is 5.00. The summed E-state index contributed by atoms with van der Waals surface area (Å²) in [6, 6.07) is 17.5. The van der Waals surface area contributed by atoms with Crippen LogP contribution < -0.4 is 4.90 Å². The molecule has 0 saturated heterocycles. The standard InChI is InChI=1S/C22H20N2/c1-13(2)17-11-19(24(3)4)18(12-23)22-16-10-6-8-14-7-5-9-15(20(14)16)21(17)22/h5-11,13H,1-4H3. The number of nitrogens with zero attached hydrogens (tertiary/aromatic N) is 2. The molecule has 2 heteroatoms. The van der Waals surface area contributed by atoms with Gasteiger partial charge in [0.2, 0.25) is 0 Å². The minimum absolute atomic E-state index is 0.398. The molecule has 4 rings (SSSR count). The first-order valence-electron chi connectivity index (χ1n) is 8.35. The first-order valence-corrected chi connectivity index (χ1v) is 8.35. The largest absolute Gasteiger partial charge is 0.377 e. The van der Waals surface area contributed by atoms with Gasteiger partial charge in [-0.05, 0) is 45.0 Å². The van der Waals surface area contributed by atoms with Crippen LogP contribution in [0.2, 0.25) is 0 Å². The van der Waals surface area contributed by atoms with Gasteiger partial charge in [0.05, 0.1) is 11.3 Å². The molecule has 0 saturated carbocycles. The summed E-state index contributed by atoms with van der Waals surface area (Å²) >= 11 is 0. The first kappa shape index (κ1) is 14.8. The van der Waals surface area contributed by atoms with Crippen LogP contribution in [-0.4, -0.2) is 14.1 Å². The molecule has 0 aromatic heterocycles. The summed E-state index contributed by atoms with van der Waals surface area (Å²) in [5.74, 6) is 0.398. The number of benzene rings is 3. The molecule has 1 aliphatic carbocycles. The molecular weight excluding hydrogens is 292 g/mol. The number of rotatable bonds is 2. The molecule has 118 valence electrons. The van der Waals surface area contributed by atoms with Crippen LogP contribution >= 0.6 is 0 Å². The number of fused-ring (bicyclic) bond motifs is 3. The number of anilines is 1. The van der Waals surface area contributed by atoms with Crippen LogP contribution in [0.3, 0.4) is 0 Å². The molecule has 0 heterocycles. The Balaban J connectivity index is 2.25. The van der Waals surface area contributed by atoms with Gasteiger partial charge in [-0.2, -0.15) is 5.26 Å². The Morgan fingerprint density at radius 1 is 0.958 bits per heavy atom. The zero-order valence-electron chi connectivity index (χ0n) is 14.5. The number of hydrogen-bond acceptors (Lipinski definition) is 2. The van der Waals surface area contributed by atoms with E-state index in [0.717, 1.165) is 16.8 Å². The molecule has 3 aromatic rings. The van der Waals surface area contributed by atoms with Gasteiger partial charge < -0.3 is 4.90 Å². The van der Waals surface area contributed by atoms with Gasteiger partial charge in [0.25, 0.3) is 0 Å². The maximum Gasteiger partial charge on any atom is 0.102 e. The van der Waals surface area contributed by atoms with E-state index < -0.39 is 0 Å². The van der Waals surface area contributed by atoms with E-state index in [4.69, 9.17) is 0 Å². The number of nitriles is 1. The zero-order chi connectivity index (χ0) is 17.0. The molecule has 0 fully saturated rings. The third kappa shape index (κ3) is 1.82. The highest BCUT2D eigenvalue weighted by molar-refractivity contribution is 6.17. The SMILES string of the molecule is CC(C)c1cc(N(C)C)c(C#N)c2c1-c1cccc3cccc-2c13. The van der Waals surface area contributed by atoms with Crippen LogP contribution in [0.4, 0.5) is 5.69 Å². The highest BCUT2D eigenvalue weighted by Gasteiger charge is 2.29. The van der Waals surface area contributed by atoms with E-state index in [9.17, 15) is 5.26 Å². The summed E-state index contributed by atoms with van der Waals surface area (Å²) in [4.78, 5) is 2.05. The van der Waals surface area contributed by atoms with E-state index in [1.165, 1.54) is 33.0 Å². The summed E-state index contributed by atoms with van der Waals surface area (Å²) in [7, 11) is 4.02. The summed E-state index contributed by atoms with van der Waals surface area (Å²) in [5.41, 5.74) is 7.92. The second kappa shape index (κ2) is 5.11. The van der Waals surface area contributed by atoms with Crippen molar-refractivity contribution in [2.45, 2.75) is 19.8 Å². The maximum absolute atomic E-state index is 9.92. The van der Waals surface area contributed by atoms with Crippen molar-refractivity contribution in [3.63, 3.8) is 0 Å². The van der Waals surface area contributed by atoms with Crippen molar-refractivity contribution in [3.05, 3.63) is 53.6 Å². The van der Waals surface area contributed by atoms with Crippen molar-refractivity contribution >= 4 is 16.5 Å². The summed E-state index contributed by atoms with van der Waals surface area (Å²) in [5, 5.41) is 12.4. The Morgan fingerprint density at radius 2 is 1.58 bits per heavy atom. The van der Waals surface area contributed by atoms with Gasteiger partial charge >= 0.3 is 0 Å². The van der Waals surface area contributed by atoms with Crippen molar-refractivity contribution in [1.82, 2.24) is 0 Å². The average Bonchev–Trinajstić information content (AvgIpc) is 2.90. The lowest BCUT2D eigenvalue weighted by Crippen LogP contribution is -2.12. The van der Waals surface area contributed by atoms with E-state index in [1.54, 1.807) is 0 Å². The molecule has 2 nitrogen and oxygen atoms in total. The monoisotopic (exact) mass is 312 g/mol. The Hall–Kier alpha value is -2.79. The van der Waals surface area contributed by atoms with Gasteiger partial charge in [-0.3, -0.25) is 0 Å². The van der Waals surface area contributed by atoms with Crippen LogP contribution in [0.25, 0.3) is 33.0 Å². The Morgan fingerprint density at radius 3 is 2.12 bits per heavy atom. The van der Waals surface area contributed by atoms with Crippen molar-refractivity contribution in [2.75, 3.05) is 19.0 Å². The fourth-order valence-electron chi connectivity index (χ4n) is 3.93. The summed E-state index contributed by atoms with van der Waals surface area (Å²) in [6.07, 6.45) is 0. The molecule has 0 radical (unpaired) electrons. The van der Waals surface area contributed by atoms with Crippen molar-refractivity contribution in [1.29, 1.82) is 5.26 Å². The fourth-order valence-corrected chi connectivity index (χ4v) is 3.93. The lowest BCUT2D eigenvalue weighted by molar-refractivity contribution is 0.868. The predicted octanol–water partition coefficient (Wildman–Crippen LogP) is 5.55. The Kier molecular flexibility index (Phi) is 3.15. The van der Waals surface area contributed by atoms with Crippen LogP contribution in [0.15, 0.2) is 42.5 Å². The molecule has 3 aromatic carbocycles. The van der Waals surface area contributed by atoms with Gasteiger partial charge in [-0.25, -0.2) is 0 Å². The van der Waals surface area contributed by atoms with Crippen LogP contribution in [0.5, 0.6) is 0 Å². The van der Waals surface area contributed by atoms with Crippen molar-refractivity contribution in [3.8, 4) is 28.3 Å². The Bertz CT molecular complexity index is 1020. The fraction of sp³-hybridized carbons (Fsp3) is 0.227. The highest BCUT2D eigenvalue weighted by Crippen LogP contribution is 2.53. The average molecular weight is 312 g/mol. The molecule has 0 spiro atoms. The maximum atomic E-state index is 9.92. The van der Waals surface area contributed by atoms with E-state index >= 15 is 0 Å². The summed E-state index contributed by atoms with van der Waals surface area (Å²) < 4.78 is 0. The molecule has 0 bridgehead atoms. The zero-order valence-corrected chi connectivity index (χ0v) is 14.5. The molecule has 0 N–H and O–H groups in total. The highest BCUT2D eigenvalue weighted by atomic mass is 15.1. The normalized spacial score (nSPS) is 11.7. The van der Waals surface area contributed by atoms with Crippen molar-refractivity contribution in [2.24, 2.45) is 0 Å². The molecule has 0 unspecified atom stereocenters. The Labute approximate surface area is 143 Å². The number of hydrogen-bond donors (Lipinski definition) is 0. The van der Waals surface area contributed by atoms with Gasteiger partial charge in [0.1, 0.15) is 6.07 Å². The minimum atomic E-state index is 0.398. The van der Waals surface area contributed by atoms with Crippen molar-refractivity contribution < 1.29 is 0 Å². The minimum Gasteiger partial charge on any atom is -0.377 e. The van der Waals surface area contributed by atoms with Gasteiger partial charge in [-0.1, -0.05) is 50.2 Å². The molecule has 0 aliphatic heterocycles. The van der Waals surface area contributed by atoms with E-state index in [-0.39, 0.29) is 0 Å². The second-order valence-electron chi connectivity index (χ2n) is 6.98. The van der Waals surface area contributed by atoms with E-state index in [1.807, 2.05) is 19.0 Å². The lowest BCUT2D eigenvalue weighted by atomic mass is 9.87. The third-order valence-electron chi connectivity index (χ3n) is 5.00. The first-order chi connectivity index (χ1) is 11.5. The van der Waals surface area contributed by atoms with Crippen LogP contribution in [0, 0.1) is 11.3 Å². The smallest absolute Gasteiger partial charge is 0.102 e. The van der Waals surface area contributed by atoms with Gasteiger partial charge in [0.15, 0.2) is 0 Å². The second-order valence-corrected chi connectivity index (χ2v) is 6.98. The predicted molar refractivity (Wildman–Crippen MR) is 102 cm³/mol. The van der Waals surface area contributed by atoms with Gasteiger partial charge in [-0.15, -0.1) is 0 Å².